The van der Waals surface area contributed by atoms with Crippen LogP contribution in [0.1, 0.15) is 57.8 Å². The Bertz CT molecular complexity index is 338. The topological polar surface area (TPSA) is 53.2 Å². The summed E-state index contributed by atoms with van der Waals surface area (Å²) in [5.74, 6) is 1.98. The van der Waals surface area contributed by atoms with Crippen molar-refractivity contribution in [2.24, 2.45) is 22.7 Å². The molecule has 0 spiro atoms. The van der Waals surface area contributed by atoms with Gasteiger partial charge < -0.3 is 0 Å². The zero-order valence-corrected chi connectivity index (χ0v) is 11.0. The molecule has 0 saturated heterocycles. The van der Waals surface area contributed by atoms with E-state index < -0.39 is 0 Å². The van der Waals surface area contributed by atoms with Crippen LogP contribution in [0.3, 0.4) is 0 Å². The van der Waals surface area contributed by atoms with Crippen molar-refractivity contribution in [2.45, 2.75) is 63.8 Å². The summed E-state index contributed by atoms with van der Waals surface area (Å²) < 4.78 is 0. The van der Waals surface area contributed by atoms with Gasteiger partial charge in [0.15, 0.2) is 0 Å². The molecule has 0 amide bonds. The lowest BCUT2D eigenvalue weighted by Gasteiger charge is -2.31. The lowest BCUT2D eigenvalue weighted by Crippen LogP contribution is -2.21. The molecule has 0 N–H and O–H groups in total. The molecule has 0 aromatic rings. The number of hydrogen-bond acceptors (Lipinski definition) is 3. The molecule has 0 unspecified atom stereocenters. The molecule has 0 radical (unpaired) electrons. The molecule has 0 atom stereocenters. The Kier molecular flexibility index (Phi) is 4.96. The predicted octanol–water partition coefficient (Wildman–Crippen LogP) is 3.60. The fourth-order valence-corrected chi connectivity index (χ4v) is 3.58. The van der Waals surface area contributed by atoms with Gasteiger partial charge in [-0.3, -0.25) is 0 Å². The number of carbonyl (C=O) groups excluding carboxylic acids is 1. The van der Waals surface area contributed by atoms with Crippen LogP contribution in [0.25, 0.3) is 0 Å². The van der Waals surface area contributed by atoms with Gasteiger partial charge in [0.1, 0.15) is 0 Å². The molecule has 0 aromatic carbocycles. The largest absolute Gasteiger partial charge is 0.235 e. The Hall–Kier alpha value is -1.13. The van der Waals surface area contributed by atoms with Crippen LogP contribution in [0.4, 0.5) is 0 Å². The second-order valence-electron chi connectivity index (χ2n) is 5.98. The van der Waals surface area contributed by atoms with Gasteiger partial charge in [-0.15, -0.1) is 0 Å². The second-order valence-corrected chi connectivity index (χ2v) is 5.98. The molecule has 2 fully saturated rings. The highest BCUT2D eigenvalue weighted by molar-refractivity contribution is 5.33. The standard InChI is InChI=1S/C15H22N2O/c16-10-14-3-1-12(2-4-14)9-13-5-7-15(8-6-13)17-11-18/h12-15H,1-9H2. The van der Waals surface area contributed by atoms with Gasteiger partial charge in [0, 0.05) is 5.92 Å². The van der Waals surface area contributed by atoms with Gasteiger partial charge in [-0.25, -0.2) is 9.79 Å². The van der Waals surface area contributed by atoms with Crippen molar-refractivity contribution in [1.29, 1.82) is 5.26 Å². The van der Waals surface area contributed by atoms with E-state index in [1.165, 1.54) is 32.1 Å². The van der Waals surface area contributed by atoms with Gasteiger partial charge >= 0.3 is 0 Å². The fourth-order valence-electron chi connectivity index (χ4n) is 3.58. The normalized spacial score (nSPS) is 36.4. The van der Waals surface area contributed by atoms with Crippen LogP contribution in [0, 0.1) is 29.1 Å². The molecule has 3 heteroatoms. The highest BCUT2D eigenvalue weighted by Crippen LogP contribution is 2.37. The molecule has 0 heterocycles. The maximum absolute atomic E-state index is 10.2. The molecule has 2 saturated carbocycles. The van der Waals surface area contributed by atoms with E-state index in [1.807, 2.05) is 0 Å². The van der Waals surface area contributed by atoms with Crippen molar-refractivity contribution >= 4 is 6.08 Å². The molecular weight excluding hydrogens is 224 g/mol. The minimum Gasteiger partial charge on any atom is -0.211 e. The van der Waals surface area contributed by atoms with Crippen molar-refractivity contribution in [3.8, 4) is 6.07 Å². The lowest BCUT2D eigenvalue weighted by atomic mass is 9.74. The van der Waals surface area contributed by atoms with E-state index in [2.05, 4.69) is 11.1 Å². The summed E-state index contributed by atoms with van der Waals surface area (Å²) in [4.78, 5) is 14.1. The Morgan fingerprint density at radius 2 is 1.50 bits per heavy atom. The zero-order valence-electron chi connectivity index (χ0n) is 11.0. The van der Waals surface area contributed by atoms with E-state index in [1.54, 1.807) is 6.08 Å². The lowest BCUT2D eigenvalue weighted by molar-refractivity contribution is 0.221. The number of nitriles is 1. The Morgan fingerprint density at radius 1 is 0.944 bits per heavy atom. The SMILES string of the molecule is N#CC1CCC(CC2CCC(N=C=O)CC2)CC1. The number of hydrogen-bond donors (Lipinski definition) is 0. The Morgan fingerprint density at radius 3 is 2.00 bits per heavy atom. The van der Waals surface area contributed by atoms with E-state index in [0.717, 1.165) is 37.5 Å². The van der Waals surface area contributed by atoms with Crippen LogP contribution < -0.4 is 0 Å². The van der Waals surface area contributed by atoms with Crippen molar-refractivity contribution < 1.29 is 4.79 Å². The van der Waals surface area contributed by atoms with Crippen LogP contribution in [-0.2, 0) is 4.79 Å². The van der Waals surface area contributed by atoms with E-state index in [9.17, 15) is 4.79 Å². The molecule has 0 aromatic heterocycles. The minimum absolute atomic E-state index is 0.244. The van der Waals surface area contributed by atoms with Crippen LogP contribution >= 0.6 is 0 Å². The quantitative estimate of drug-likeness (QED) is 0.564. The van der Waals surface area contributed by atoms with Gasteiger partial charge in [-0.1, -0.05) is 0 Å². The second kappa shape index (κ2) is 6.71. The van der Waals surface area contributed by atoms with Crippen molar-refractivity contribution in [2.75, 3.05) is 0 Å². The summed E-state index contributed by atoms with van der Waals surface area (Å²) >= 11 is 0. The van der Waals surface area contributed by atoms with Crippen LogP contribution in [0.5, 0.6) is 0 Å². The molecular formula is C15H22N2O. The van der Waals surface area contributed by atoms with Crippen LogP contribution in [-0.4, -0.2) is 12.1 Å². The van der Waals surface area contributed by atoms with E-state index in [0.29, 0.717) is 5.92 Å². The van der Waals surface area contributed by atoms with E-state index in [-0.39, 0.29) is 6.04 Å². The molecule has 2 aliphatic carbocycles. The molecule has 0 bridgehead atoms. The molecule has 2 aliphatic rings. The third-order valence-corrected chi connectivity index (χ3v) is 4.75. The summed E-state index contributed by atoms with van der Waals surface area (Å²) in [7, 11) is 0. The number of isocyanates is 1. The maximum atomic E-state index is 10.2. The van der Waals surface area contributed by atoms with Crippen molar-refractivity contribution in [3.05, 3.63) is 0 Å². The molecule has 98 valence electrons. The average molecular weight is 246 g/mol. The van der Waals surface area contributed by atoms with Gasteiger partial charge in [0.25, 0.3) is 0 Å². The monoisotopic (exact) mass is 246 g/mol. The first-order valence-corrected chi connectivity index (χ1v) is 7.28. The average Bonchev–Trinajstić information content (AvgIpc) is 2.42. The van der Waals surface area contributed by atoms with E-state index in [4.69, 9.17) is 5.26 Å². The van der Waals surface area contributed by atoms with E-state index >= 15 is 0 Å². The molecule has 18 heavy (non-hydrogen) atoms. The molecule has 2 rings (SSSR count). The van der Waals surface area contributed by atoms with Gasteiger partial charge in [-0.05, 0) is 69.6 Å². The van der Waals surface area contributed by atoms with Crippen LogP contribution in [0.15, 0.2) is 4.99 Å². The number of rotatable bonds is 3. The number of nitrogens with zero attached hydrogens (tertiary/aromatic N) is 2. The fraction of sp³-hybridized carbons (Fsp3) is 0.867. The van der Waals surface area contributed by atoms with Gasteiger partial charge in [0.05, 0.1) is 12.1 Å². The Labute approximate surface area is 109 Å². The summed E-state index contributed by atoms with van der Waals surface area (Å²) in [5, 5.41) is 8.89. The first kappa shape index (κ1) is 13.3. The summed E-state index contributed by atoms with van der Waals surface area (Å²) in [6.45, 7) is 0. The Balaban J connectivity index is 1.69. The third-order valence-electron chi connectivity index (χ3n) is 4.75. The summed E-state index contributed by atoms with van der Waals surface area (Å²) in [6.07, 6.45) is 12.3. The zero-order chi connectivity index (χ0) is 12.8. The number of aliphatic imine (C=N–C) groups is 1. The van der Waals surface area contributed by atoms with Gasteiger partial charge in [-0.2, -0.15) is 5.26 Å². The highest BCUT2D eigenvalue weighted by Gasteiger charge is 2.26. The molecule has 0 aliphatic heterocycles. The maximum Gasteiger partial charge on any atom is 0.235 e. The molecule has 3 nitrogen and oxygen atoms in total. The first-order valence-electron chi connectivity index (χ1n) is 7.28. The highest BCUT2D eigenvalue weighted by atomic mass is 16.1. The first-order chi connectivity index (χ1) is 8.81. The van der Waals surface area contributed by atoms with Crippen molar-refractivity contribution in [3.63, 3.8) is 0 Å². The summed E-state index contributed by atoms with van der Waals surface area (Å²) in [6, 6.07) is 2.64. The van der Waals surface area contributed by atoms with Crippen LogP contribution in [0.2, 0.25) is 0 Å². The summed E-state index contributed by atoms with van der Waals surface area (Å²) in [5.41, 5.74) is 0. The smallest absolute Gasteiger partial charge is 0.211 e. The minimum atomic E-state index is 0.244. The third kappa shape index (κ3) is 3.68. The van der Waals surface area contributed by atoms with Crippen molar-refractivity contribution in [1.82, 2.24) is 0 Å². The van der Waals surface area contributed by atoms with Gasteiger partial charge in [0.2, 0.25) is 6.08 Å². The predicted molar refractivity (Wildman–Crippen MR) is 69.5 cm³/mol.